The fourth-order valence-corrected chi connectivity index (χ4v) is 4.04. The summed E-state index contributed by atoms with van der Waals surface area (Å²) >= 11 is 1.09. The molecule has 1 N–H and O–H groups in total. The van der Waals surface area contributed by atoms with Crippen LogP contribution in [0.3, 0.4) is 0 Å². The predicted octanol–water partition coefficient (Wildman–Crippen LogP) is 4.47. The second kappa shape index (κ2) is 9.15. The molecule has 0 bridgehead atoms. The van der Waals surface area contributed by atoms with E-state index in [1.54, 1.807) is 12.1 Å². The minimum Gasteiger partial charge on any atom is -0.461 e. The number of anilines is 1. The van der Waals surface area contributed by atoms with Crippen LogP contribution in [-0.2, 0) is 22.3 Å². The fourth-order valence-electron chi connectivity index (χ4n) is 3.30. The summed E-state index contributed by atoms with van der Waals surface area (Å²) in [6.07, 6.45) is -1.17. The number of alkyl halides is 3. The highest BCUT2D eigenvalue weighted by Crippen LogP contribution is 2.34. The van der Waals surface area contributed by atoms with Gasteiger partial charge in [-0.3, -0.25) is 9.36 Å². The van der Waals surface area contributed by atoms with E-state index in [2.05, 4.69) is 15.5 Å². The molecule has 4 rings (SSSR count). The van der Waals surface area contributed by atoms with Gasteiger partial charge in [-0.05, 0) is 37.1 Å². The number of nitrogens with one attached hydrogen (secondary N) is 1. The van der Waals surface area contributed by atoms with Gasteiger partial charge in [-0.2, -0.15) is 13.2 Å². The van der Waals surface area contributed by atoms with Gasteiger partial charge in [0.15, 0.2) is 10.9 Å². The molecule has 1 aliphatic rings. The van der Waals surface area contributed by atoms with Gasteiger partial charge in [0.25, 0.3) is 0 Å². The number of benzene rings is 1. The average molecular weight is 452 g/mol. The van der Waals surface area contributed by atoms with E-state index in [9.17, 15) is 18.0 Å². The van der Waals surface area contributed by atoms with Gasteiger partial charge in [-0.15, -0.1) is 10.2 Å². The van der Waals surface area contributed by atoms with Crippen LogP contribution >= 0.6 is 11.8 Å². The van der Waals surface area contributed by atoms with E-state index in [0.717, 1.165) is 30.7 Å². The monoisotopic (exact) mass is 452 g/mol. The molecule has 164 valence electrons. The summed E-state index contributed by atoms with van der Waals surface area (Å²) in [6, 6.07) is 8.35. The van der Waals surface area contributed by atoms with Gasteiger partial charge in [0.05, 0.1) is 35.9 Å². The summed E-state index contributed by atoms with van der Waals surface area (Å²) in [6.45, 7) is 1.18. The lowest BCUT2D eigenvalue weighted by molar-refractivity contribution is -0.137. The third kappa shape index (κ3) is 5.10. The lowest BCUT2D eigenvalue weighted by Crippen LogP contribution is -2.19. The lowest BCUT2D eigenvalue weighted by Gasteiger charge is -2.15. The largest absolute Gasteiger partial charge is 0.461 e. The molecule has 2 aromatic heterocycles. The van der Waals surface area contributed by atoms with E-state index in [1.165, 1.54) is 24.5 Å². The van der Waals surface area contributed by atoms with E-state index >= 15 is 0 Å². The molecule has 1 saturated heterocycles. The molecule has 1 amide bonds. The maximum atomic E-state index is 13.1. The topological polar surface area (TPSA) is 82.2 Å². The van der Waals surface area contributed by atoms with Crippen LogP contribution in [0.25, 0.3) is 11.6 Å². The number of furan rings is 1. The van der Waals surface area contributed by atoms with Crippen LogP contribution in [0.4, 0.5) is 18.9 Å². The average Bonchev–Trinajstić information content (AvgIpc) is 3.49. The molecular formula is C20H19F3N4O3S. The summed E-state index contributed by atoms with van der Waals surface area (Å²) in [7, 11) is 0. The van der Waals surface area contributed by atoms with Gasteiger partial charge < -0.3 is 14.5 Å². The molecule has 0 saturated carbocycles. The van der Waals surface area contributed by atoms with E-state index in [4.69, 9.17) is 9.15 Å². The molecule has 3 heterocycles. The number of nitrogens with zero attached hydrogens (tertiary/aromatic N) is 3. The van der Waals surface area contributed by atoms with Crippen molar-refractivity contribution < 1.29 is 27.1 Å². The normalized spacial score (nSPS) is 16.5. The third-order valence-corrected chi connectivity index (χ3v) is 5.67. The number of hydrogen-bond donors (Lipinski definition) is 1. The molecule has 1 fully saturated rings. The van der Waals surface area contributed by atoms with Gasteiger partial charge in [-0.1, -0.05) is 23.9 Å². The van der Waals surface area contributed by atoms with Gasteiger partial charge >= 0.3 is 6.18 Å². The molecule has 1 aliphatic heterocycles. The minimum absolute atomic E-state index is 0.00319. The Morgan fingerprint density at radius 3 is 2.77 bits per heavy atom. The number of aromatic nitrogens is 3. The van der Waals surface area contributed by atoms with Crippen LogP contribution in [-0.4, -0.2) is 39.1 Å². The van der Waals surface area contributed by atoms with Crippen molar-refractivity contribution in [2.45, 2.75) is 36.8 Å². The van der Waals surface area contributed by atoms with Gasteiger partial charge in [0.1, 0.15) is 0 Å². The molecule has 3 aromatic rings. The van der Waals surface area contributed by atoms with Crippen LogP contribution in [0.2, 0.25) is 0 Å². The van der Waals surface area contributed by atoms with Gasteiger partial charge in [0, 0.05) is 6.61 Å². The van der Waals surface area contributed by atoms with E-state index < -0.39 is 17.6 Å². The number of carbonyl (C=O) groups excluding carboxylic acids is 1. The first-order chi connectivity index (χ1) is 14.9. The highest BCUT2D eigenvalue weighted by atomic mass is 32.2. The molecule has 0 spiro atoms. The standard InChI is InChI=1S/C20H19F3N4O3S/c21-20(22,23)14-6-1-2-7-15(14)24-17(28)12-31-19-26-25-18(16-8-4-10-30-16)27(19)11-13-5-3-9-29-13/h1-2,4,6-8,10,13H,3,5,9,11-12H2,(H,24,28). The highest BCUT2D eigenvalue weighted by molar-refractivity contribution is 7.99. The van der Waals surface area contributed by atoms with Crippen LogP contribution in [0.5, 0.6) is 0 Å². The van der Waals surface area contributed by atoms with Crippen LogP contribution < -0.4 is 5.32 Å². The third-order valence-electron chi connectivity index (χ3n) is 4.71. The zero-order valence-corrected chi connectivity index (χ0v) is 17.1. The SMILES string of the molecule is O=C(CSc1nnc(-c2ccco2)n1CC1CCCO1)Nc1ccccc1C(F)(F)F. The Morgan fingerprint density at radius 1 is 1.23 bits per heavy atom. The number of thioether (sulfide) groups is 1. The van der Waals surface area contributed by atoms with Crippen molar-refractivity contribution in [1.82, 2.24) is 14.8 Å². The van der Waals surface area contributed by atoms with Crippen molar-refractivity contribution in [1.29, 1.82) is 0 Å². The number of ether oxygens (including phenoxy) is 1. The Labute approximate surface area is 180 Å². The van der Waals surface area contributed by atoms with E-state index in [1.807, 2.05) is 4.57 Å². The maximum absolute atomic E-state index is 13.1. The summed E-state index contributed by atoms with van der Waals surface area (Å²) in [5.74, 6) is 0.327. The molecule has 7 nitrogen and oxygen atoms in total. The Kier molecular flexibility index (Phi) is 6.33. The first kappa shape index (κ1) is 21.4. The van der Waals surface area contributed by atoms with Crippen LogP contribution in [0, 0.1) is 0 Å². The fraction of sp³-hybridized carbons (Fsp3) is 0.350. The van der Waals surface area contributed by atoms with Crippen molar-refractivity contribution >= 4 is 23.4 Å². The molecule has 31 heavy (non-hydrogen) atoms. The lowest BCUT2D eigenvalue weighted by atomic mass is 10.1. The zero-order chi connectivity index (χ0) is 21.8. The Hall–Kier alpha value is -2.79. The number of hydrogen-bond acceptors (Lipinski definition) is 6. The molecular weight excluding hydrogens is 433 g/mol. The van der Waals surface area contributed by atoms with Crippen LogP contribution in [0.15, 0.2) is 52.2 Å². The smallest absolute Gasteiger partial charge is 0.418 e. The van der Waals surface area contributed by atoms with E-state index in [0.29, 0.717) is 29.9 Å². The number of rotatable bonds is 7. The first-order valence-electron chi connectivity index (χ1n) is 9.59. The summed E-state index contributed by atoms with van der Waals surface area (Å²) in [5.41, 5.74) is -1.17. The molecule has 0 aliphatic carbocycles. The Morgan fingerprint density at radius 2 is 2.06 bits per heavy atom. The minimum atomic E-state index is -4.56. The van der Waals surface area contributed by atoms with Crippen LogP contribution in [0.1, 0.15) is 18.4 Å². The summed E-state index contributed by atoms with van der Waals surface area (Å²) < 4.78 is 52.3. The van der Waals surface area contributed by atoms with Crippen molar-refractivity contribution in [2.24, 2.45) is 0 Å². The number of carbonyl (C=O) groups is 1. The zero-order valence-electron chi connectivity index (χ0n) is 16.3. The number of amides is 1. The Bertz CT molecular complexity index is 1030. The Balaban J connectivity index is 1.48. The highest BCUT2D eigenvalue weighted by Gasteiger charge is 2.33. The van der Waals surface area contributed by atoms with Gasteiger partial charge in [0.2, 0.25) is 11.7 Å². The second-order valence-corrected chi connectivity index (χ2v) is 7.85. The molecule has 11 heteroatoms. The second-order valence-electron chi connectivity index (χ2n) is 6.91. The van der Waals surface area contributed by atoms with Gasteiger partial charge in [-0.25, -0.2) is 0 Å². The summed E-state index contributed by atoms with van der Waals surface area (Å²) in [4.78, 5) is 12.4. The molecule has 1 aromatic carbocycles. The molecule has 0 radical (unpaired) electrons. The van der Waals surface area contributed by atoms with Crippen molar-refractivity contribution in [3.63, 3.8) is 0 Å². The predicted molar refractivity (Wildman–Crippen MR) is 107 cm³/mol. The van der Waals surface area contributed by atoms with Crippen molar-refractivity contribution in [2.75, 3.05) is 17.7 Å². The summed E-state index contributed by atoms with van der Waals surface area (Å²) in [5, 5.41) is 11.1. The quantitative estimate of drug-likeness (QED) is 0.533. The number of para-hydroxylation sites is 1. The number of halogens is 3. The first-order valence-corrected chi connectivity index (χ1v) is 10.6. The maximum Gasteiger partial charge on any atom is 0.418 e. The van der Waals surface area contributed by atoms with Crippen molar-refractivity contribution in [3.8, 4) is 11.6 Å². The van der Waals surface area contributed by atoms with E-state index in [-0.39, 0.29) is 17.5 Å². The molecule has 1 atom stereocenters. The van der Waals surface area contributed by atoms with Crippen molar-refractivity contribution in [3.05, 3.63) is 48.2 Å². The molecule has 1 unspecified atom stereocenters.